The van der Waals surface area contributed by atoms with Gasteiger partial charge in [0.15, 0.2) is 5.82 Å². The van der Waals surface area contributed by atoms with Crippen LogP contribution in [0.25, 0.3) is 0 Å². The summed E-state index contributed by atoms with van der Waals surface area (Å²) in [5.41, 5.74) is -0.152. The number of rotatable bonds is 8. The van der Waals surface area contributed by atoms with E-state index in [0.717, 1.165) is 12.8 Å². The van der Waals surface area contributed by atoms with E-state index >= 15 is 0 Å². The molecule has 19 heavy (non-hydrogen) atoms. The number of nitrogens with one attached hydrogen (secondary N) is 1. The first-order valence-electron chi connectivity index (χ1n) is 6.51. The van der Waals surface area contributed by atoms with E-state index in [1.54, 1.807) is 19.4 Å². The number of carboxylic acids is 1. The number of hydrogen-bond acceptors (Lipinski definition) is 4. The number of hydrogen-bond donors (Lipinski definition) is 2. The number of anilines is 1. The molecule has 1 aromatic rings. The highest BCUT2D eigenvalue weighted by molar-refractivity contribution is 5.66. The molecule has 1 aromatic heterocycles. The van der Waals surface area contributed by atoms with Crippen LogP contribution in [0, 0.1) is 5.92 Å². The zero-order valence-electron chi connectivity index (χ0n) is 11.4. The Balaban J connectivity index is 2.42. The molecule has 0 bridgehead atoms. The molecule has 0 amide bonds. The second-order valence-corrected chi connectivity index (χ2v) is 4.61. The molecule has 0 aliphatic rings. The van der Waals surface area contributed by atoms with Crippen LogP contribution in [-0.2, 0) is 11.8 Å². The van der Waals surface area contributed by atoms with E-state index in [-0.39, 0.29) is 12.0 Å². The summed E-state index contributed by atoms with van der Waals surface area (Å²) >= 11 is 0. The lowest BCUT2D eigenvalue weighted by Gasteiger charge is -2.14. The maximum Gasteiger partial charge on any atom is 0.303 e. The molecule has 0 fully saturated rings. The summed E-state index contributed by atoms with van der Waals surface area (Å²) in [6, 6.07) is 0. The van der Waals surface area contributed by atoms with Crippen molar-refractivity contribution in [3.05, 3.63) is 22.7 Å². The summed E-state index contributed by atoms with van der Waals surface area (Å²) in [7, 11) is 1.68. The summed E-state index contributed by atoms with van der Waals surface area (Å²) in [6.45, 7) is 2.68. The van der Waals surface area contributed by atoms with Crippen molar-refractivity contribution in [1.82, 2.24) is 9.55 Å². The smallest absolute Gasteiger partial charge is 0.303 e. The number of aryl methyl sites for hydroxylation is 1. The Morgan fingerprint density at radius 1 is 1.53 bits per heavy atom. The summed E-state index contributed by atoms with van der Waals surface area (Å²) in [5.74, 6) is -0.0562. The first-order valence-corrected chi connectivity index (χ1v) is 6.51. The predicted molar refractivity (Wildman–Crippen MR) is 73.2 cm³/mol. The average molecular weight is 267 g/mol. The second-order valence-electron chi connectivity index (χ2n) is 4.61. The lowest BCUT2D eigenvalue weighted by molar-refractivity contribution is -0.137. The molecule has 0 saturated carbocycles. The zero-order chi connectivity index (χ0) is 14.3. The predicted octanol–water partition coefficient (Wildman–Crippen LogP) is 1.47. The Labute approximate surface area is 112 Å². The minimum absolute atomic E-state index is 0.152. The SMILES string of the molecule is CCC(CCNc1nccn(C)c1=O)CCC(=O)O. The molecule has 0 aliphatic carbocycles. The number of carbonyl (C=O) groups is 1. The van der Waals surface area contributed by atoms with E-state index < -0.39 is 5.97 Å². The monoisotopic (exact) mass is 267 g/mol. The number of aliphatic carboxylic acids is 1. The quantitative estimate of drug-likeness (QED) is 0.745. The summed E-state index contributed by atoms with van der Waals surface area (Å²) in [6.07, 6.45) is 5.83. The summed E-state index contributed by atoms with van der Waals surface area (Å²) in [4.78, 5) is 26.2. The van der Waals surface area contributed by atoms with Crippen LogP contribution < -0.4 is 10.9 Å². The Morgan fingerprint density at radius 3 is 2.89 bits per heavy atom. The van der Waals surface area contributed by atoms with Crippen molar-refractivity contribution >= 4 is 11.8 Å². The summed E-state index contributed by atoms with van der Waals surface area (Å²) in [5, 5.41) is 11.7. The molecule has 1 heterocycles. The topological polar surface area (TPSA) is 84.2 Å². The van der Waals surface area contributed by atoms with Gasteiger partial charge in [-0.1, -0.05) is 13.3 Å². The normalized spacial score (nSPS) is 12.1. The van der Waals surface area contributed by atoms with Crippen LogP contribution in [0.4, 0.5) is 5.82 Å². The van der Waals surface area contributed by atoms with Gasteiger partial charge < -0.3 is 15.0 Å². The van der Waals surface area contributed by atoms with E-state index in [4.69, 9.17) is 5.11 Å². The average Bonchev–Trinajstić information content (AvgIpc) is 2.38. The van der Waals surface area contributed by atoms with Crippen molar-refractivity contribution in [3.63, 3.8) is 0 Å². The molecule has 1 unspecified atom stereocenters. The molecule has 2 N–H and O–H groups in total. The first-order chi connectivity index (χ1) is 9.04. The highest BCUT2D eigenvalue weighted by Crippen LogP contribution is 2.15. The molecule has 0 aliphatic heterocycles. The molecule has 0 radical (unpaired) electrons. The van der Waals surface area contributed by atoms with Gasteiger partial charge >= 0.3 is 5.97 Å². The lowest BCUT2D eigenvalue weighted by atomic mass is 9.97. The maximum atomic E-state index is 11.7. The maximum absolute atomic E-state index is 11.7. The van der Waals surface area contributed by atoms with Crippen molar-refractivity contribution in [3.8, 4) is 0 Å². The number of nitrogens with zero attached hydrogens (tertiary/aromatic N) is 2. The molecule has 6 heteroatoms. The van der Waals surface area contributed by atoms with Crippen LogP contribution in [0.2, 0.25) is 0 Å². The van der Waals surface area contributed by atoms with Gasteiger partial charge in [-0.2, -0.15) is 0 Å². The van der Waals surface area contributed by atoms with Crippen LogP contribution >= 0.6 is 0 Å². The zero-order valence-corrected chi connectivity index (χ0v) is 11.4. The van der Waals surface area contributed by atoms with Crippen molar-refractivity contribution < 1.29 is 9.90 Å². The molecule has 0 spiro atoms. The molecular formula is C13H21N3O3. The molecule has 1 rings (SSSR count). The fraction of sp³-hybridized carbons (Fsp3) is 0.615. The largest absolute Gasteiger partial charge is 0.481 e. The van der Waals surface area contributed by atoms with Crippen LogP contribution in [-0.4, -0.2) is 27.2 Å². The first kappa shape index (κ1) is 15.2. The van der Waals surface area contributed by atoms with Gasteiger partial charge in [0.2, 0.25) is 0 Å². The van der Waals surface area contributed by atoms with Crippen LogP contribution in [0.5, 0.6) is 0 Å². The highest BCUT2D eigenvalue weighted by atomic mass is 16.4. The molecule has 106 valence electrons. The van der Waals surface area contributed by atoms with E-state index in [0.29, 0.717) is 24.7 Å². The standard InChI is InChI=1S/C13H21N3O3/c1-3-10(4-5-11(17)18)6-7-14-12-13(19)16(2)9-8-15-12/h8-10H,3-7H2,1-2H3,(H,14,15)(H,17,18). The Morgan fingerprint density at radius 2 is 2.26 bits per heavy atom. The van der Waals surface area contributed by atoms with Crippen LogP contribution in [0.15, 0.2) is 17.2 Å². The van der Waals surface area contributed by atoms with Gasteiger partial charge in [-0.15, -0.1) is 0 Å². The van der Waals surface area contributed by atoms with Crippen LogP contribution in [0.3, 0.4) is 0 Å². The second kappa shape index (κ2) is 7.56. The van der Waals surface area contributed by atoms with Crippen molar-refractivity contribution in [2.45, 2.75) is 32.6 Å². The number of carboxylic acid groups (broad SMARTS) is 1. The molecule has 0 saturated heterocycles. The van der Waals surface area contributed by atoms with Gasteiger partial charge in [0.25, 0.3) is 5.56 Å². The van der Waals surface area contributed by atoms with Gasteiger partial charge in [0, 0.05) is 32.4 Å². The van der Waals surface area contributed by atoms with E-state index in [2.05, 4.69) is 10.3 Å². The Kier molecular flexibility index (Phi) is 6.05. The van der Waals surface area contributed by atoms with Gasteiger partial charge in [-0.3, -0.25) is 9.59 Å². The van der Waals surface area contributed by atoms with Crippen LogP contribution in [0.1, 0.15) is 32.6 Å². The third kappa shape index (κ3) is 5.11. The highest BCUT2D eigenvalue weighted by Gasteiger charge is 2.09. The van der Waals surface area contributed by atoms with Gasteiger partial charge in [0.1, 0.15) is 0 Å². The third-order valence-corrected chi connectivity index (χ3v) is 3.21. The molecule has 1 atom stereocenters. The van der Waals surface area contributed by atoms with Gasteiger partial charge in [-0.05, 0) is 18.8 Å². The minimum Gasteiger partial charge on any atom is -0.481 e. The summed E-state index contributed by atoms with van der Waals surface area (Å²) < 4.78 is 1.47. The molecular weight excluding hydrogens is 246 g/mol. The fourth-order valence-electron chi connectivity index (χ4n) is 1.89. The van der Waals surface area contributed by atoms with E-state index in [1.807, 2.05) is 6.92 Å². The van der Waals surface area contributed by atoms with Crippen molar-refractivity contribution in [2.75, 3.05) is 11.9 Å². The lowest BCUT2D eigenvalue weighted by Crippen LogP contribution is -2.23. The Hall–Kier alpha value is -1.85. The Bertz CT molecular complexity index is 470. The minimum atomic E-state index is -0.759. The molecule has 0 aromatic carbocycles. The van der Waals surface area contributed by atoms with Crippen molar-refractivity contribution in [2.24, 2.45) is 13.0 Å². The van der Waals surface area contributed by atoms with Gasteiger partial charge in [-0.25, -0.2) is 4.98 Å². The third-order valence-electron chi connectivity index (χ3n) is 3.21. The van der Waals surface area contributed by atoms with Crippen molar-refractivity contribution in [1.29, 1.82) is 0 Å². The molecule has 6 nitrogen and oxygen atoms in total. The fourth-order valence-corrected chi connectivity index (χ4v) is 1.89. The number of aromatic nitrogens is 2. The van der Waals surface area contributed by atoms with Gasteiger partial charge in [0.05, 0.1) is 0 Å². The van der Waals surface area contributed by atoms with E-state index in [9.17, 15) is 9.59 Å². The van der Waals surface area contributed by atoms with E-state index in [1.165, 1.54) is 4.57 Å².